The van der Waals surface area contributed by atoms with Gasteiger partial charge in [0.25, 0.3) is 5.91 Å². The van der Waals surface area contributed by atoms with Gasteiger partial charge in [-0.25, -0.2) is 0 Å². The molecule has 0 bridgehead atoms. The molecule has 22 heavy (non-hydrogen) atoms. The van der Waals surface area contributed by atoms with Gasteiger partial charge in [0.1, 0.15) is 6.04 Å². The Labute approximate surface area is 128 Å². The van der Waals surface area contributed by atoms with Crippen molar-refractivity contribution >= 4 is 17.8 Å². The average molecular weight is 308 g/mol. The highest BCUT2D eigenvalue weighted by Crippen LogP contribution is 2.16. The number of amides is 2. The predicted molar refractivity (Wildman–Crippen MR) is 78.6 cm³/mol. The molecule has 0 aliphatic carbocycles. The van der Waals surface area contributed by atoms with Crippen molar-refractivity contribution < 1.29 is 23.9 Å². The molecule has 2 atom stereocenters. The maximum atomic E-state index is 12.2. The summed E-state index contributed by atoms with van der Waals surface area (Å²) in [5, 5.41) is 2.42. The number of hydrogen-bond acceptors (Lipinski definition) is 5. The first-order valence-corrected chi connectivity index (χ1v) is 6.82. The Morgan fingerprint density at radius 3 is 2.36 bits per heavy atom. The summed E-state index contributed by atoms with van der Waals surface area (Å²) >= 11 is 0. The minimum absolute atomic E-state index is 0.184. The lowest BCUT2D eigenvalue weighted by molar-refractivity contribution is -0.146. The van der Waals surface area contributed by atoms with E-state index in [1.165, 1.54) is 7.11 Å². The highest BCUT2D eigenvalue weighted by atomic mass is 16.5. The first-order chi connectivity index (χ1) is 10.5. The van der Waals surface area contributed by atoms with Crippen molar-refractivity contribution in [3.05, 3.63) is 35.9 Å². The molecule has 0 radical (unpaired) electrons. The maximum absolute atomic E-state index is 12.2. The lowest BCUT2D eigenvalue weighted by Crippen LogP contribution is -2.47. The normalized spacial score (nSPS) is 13.0. The highest BCUT2D eigenvalue weighted by molar-refractivity contribution is 5.91. The number of benzene rings is 1. The smallest absolute Gasteiger partial charge is 0.308 e. The van der Waals surface area contributed by atoms with E-state index in [4.69, 9.17) is 15.2 Å². The third-order valence-electron chi connectivity index (χ3n) is 2.91. The molecule has 3 N–H and O–H groups in total. The molecule has 0 fully saturated rings. The number of ether oxygens (including phenoxy) is 2. The summed E-state index contributed by atoms with van der Waals surface area (Å²) in [5.41, 5.74) is 5.83. The summed E-state index contributed by atoms with van der Waals surface area (Å²) in [6.45, 7) is 1.83. The van der Waals surface area contributed by atoms with Gasteiger partial charge in [-0.15, -0.1) is 0 Å². The van der Waals surface area contributed by atoms with Gasteiger partial charge in [0.2, 0.25) is 5.91 Å². The van der Waals surface area contributed by atoms with Gasteiger partial charge in [-0.05, 0) is 12.5 Å². The average Bonchev–Trinajstić information content (AvgIpc) is 2.48. The summed E-state index contributed by atoms with van der Waals surface area (Å²) in [4.78, 5) is 35.1. The van der Waals surface area contributed by atoms with Crippen molar-refractivity contribution in [1.82, 2.24) is 5.32 Å². The topological polar surface area (TPSA) is 108 Å². The third-order valence-corrected chi connectivity index (χ3v) is 2.91. The minimum atomic E-state index is -1.15. The molecule has 0 saturated carbocycles. The maximum Gasteiger partial charge on any atom is 0.308 e. The van der Waals surface area contributed by atoms with Crippen LogP contribution < -0.4 is 11.1 Å². The van der Waals surface area contributed by atoms with Gasteiger partial charge < -0.3 is 20.5 Å². The Morgan fingerprint density at radius 2 is 1.86 bits per heavy atom. The van der Waals surface area contributed by atoms with Crippen molar-refractivity contribution in [2.45, 2.75) is 25.5 Å². The Bertz CT molecular complexity index is 518. The Balaban J connectivity index is 2.77. The second-order valence-corrected chi connectivity index (χ2v) is 4.50. The number of carbonyl (C=O) groups excluding carboxylic acids is 3. The lowest BCUT2D eigenvalue weighted by atomic mass is 10.1. The van der Waals surface area contributed by atoms with Gasteiger partial charge in [0.15, 0.2) is 6.10 Å². The number of hydrogen-bond donors (Lipinski definition) is 2. The van der Waals surface area contributed by atoms with Crippen molar-refractivity contribution in [3.8, 4) is 0 Å². The van der Waals surface area contributed by atoms with Crippen LogP contribution in [0.5, 0.6) is 0 Å². The molecule has 0 unspecified atom stereocenters. The summed E-state index contributed by atoms with van der Waals surface area (Å²) in [7, 11) is 1.38. The van der Waals surface area contributed by atoms with Crippen molar-refractivity contribution in [2.24, 2.45) is 5.73 Å². The van der Waals surface area contributed by atoms with E-state index in [9.17, 15) is 14.4 Å². The number of methoxy groups -OCH3 is 1. The summed E-state index contributed by atoms with van der Waals surface area (Å²) in [6.07, 6.45) is -1.22. The van der Waals surface area contributed by atoms with Crippen molar-refractivity contribution in [1.29, 1.82) is 0 Å². The first-order valence-electron chi connectivity index (χ1n) is 6.82. The van der Waals surface area contributed by atoms with Gasteiger partial charge in [0.05, 0.1) is 13.0 Å². The monoisotopic (exact) mass is 308 g/mol. The lowest BCUT2D eigenvalue weighted by Gasteiger charge is -2.19. The molecule has 1 aromatic rings. The molecule has 0 heterocycles. The molecule has 0 aromatic heterocycles. The minimum Gasteiger partial charge on any atom is -0.466 e. The molecule has 0 aliphatic rings. The number of rotatable bonds is 8. The predicted octanol–water partition coefficient (Wildman–Crippen LogP) is 0.297. The van der Waals surface area contributed by atoms with Crippen LogP contribution in [0.4, 0.5) is 0 Å². The van der Waals surface area contributed by atoms with Crippen molar-refractivity contribution in [2.75, 3.05) is 13.7 Å². The second kappa shape index (κ2) is 8.78. The Kier molecular flexibility index (Phi) is 7.04. The molecule has 1 rings (SSSR count). The fraction of sp³-hybridized carbons (Fsp3) is 0.400. The van der Waals surface area contributed by atoms with E-state index in [0.717, 1.165) is 0 Å². The van der Waals surface area contributed by atoms with E-state index < -0.39 is 29.9 Å². The zero-order valence-electron chi connectivity index (χ0n) is 12.6. The van der Waals surface area contributed by atoms with Crippen LogP contribution in [0.3, 0.4) is 0 Å². The van der Waals surface area contributed by atoms with Crippen LogP contribution in [0.1, 0.15) is 25.0 Å². The van der Waals surface area contributed by atoms with Gasteiger partial charge in [-0.1, -0.05) is 30.3 Å². The molecule has 120 valence electrons. The molecule has 0 spiro atoms. The zero-order valence-corrected chi connectivity index (χ0v) is 12.6. The van der Waals surface area contributed by atoms with E-state index in [1.54, 1.807) is 37.3 Å². The third kappa shape index (κ3) is 5.17. The molecule has 0 aliphatic heterocycles. The molecule has 0 saturated heterocycles. The van der Waals surface area contributed by atoms with Crippen LogP contribution in [0, 0.1) is 0 Å². The molecular formula is C15H20N2O5. The van der Waals surface area contributed by atoms with E-state index >= 15 is 0 Å². The van der Waals surface area contributed by atoms with Crippen LogP contribution in [0.25, 0.3) is 0 Å². The number of primary amides is 1. The fourth-order valence-corrected chi connectivity index (χ4v) is 1.88. The van der Waals surface area contributed by atoms with Crippen LogP contribution in [0.2, 0.25) is 0 Å². The Morgan fingerprint density at radius 1 is 1.23 bits per heavy atom. The van der Waals surface area contributed by atoms with Crippen LogP contribution in [0.15, 0.2) is 30.3 Å². The quantitative estimate of drug-likeness (QED) is 0.671. The van der Waals surface area contributed by atoms with E-state index in [-0.39, 0.29) is 13.0 Å². The van der Waals surface area contributed by atoms with Gasteiger partial charge in [-0.3, -0.25) is 14.4 Å². The standard InChI is InChI=1S/C15H20N2O5/c1-3-22-12(18)9-11(14(16)19)17-15(20)13(21-2)10-7-5-4-6-8-10/h4-8,11,13H,3,9H2,1-2H3,(H2,16,19)(H,17,20)/t11-,13-/m0/s1. The SMILES string of the molecule is CCOC(=O)C[C@H](NC(=O)[C@@H](OC)c1ccccc1)C(N)=O. The summed E-state index contributed by atoms with van der Waals surface area (Å²) < 4.78 is 9.90. The number of nitrogens with one attached hydrogen (secondary N) is 1. The van der Waals surface area contributed by atoms with Gasteiger partial charge in [0, 0.05) is 7.11 Å². The van der Waals surface area contributed by atoms with Crippen LogP contribution in [-0.2, 0) is 23.9 Å². The van der Waals surface area contributed by atoms with E-state index in [2.05, 4.69) is 5.32 Å². The van der Waals surface area contributed by atoms with E-state index in [1.807, 2.05) is 0 Å². The zero-order chi connectivity index (χ0) is 16.5. The van der Waals surface area contributed by atoms with Crippen LogP contribution in [-0.4, -0.2) is 37.5 Å². The number of carbonyl (C=O) groups is 3. The van der Waals surface area contributed by atoms with Crippen LogP contribution >= 0.6 is 0 Å². The highest BCUT2D eigenvalue weighted by Gasteiger charge is 2.27. The second-order valence-electron chi connectivity index (χ2n) is 4.50. The van der Waals surface area contributed by atoms with Crippen molar-refractivity contribution in [3.63, 3.8) is 0 Å². The summed E-state index contributed by atoms with van der Waals surface area (Å²) in [6, 6.07) is 7.63. The molecular weight excluding hydrogens is 288 g/mol. The Hall–Kier alpha value is -2.41. The first kappa shape index (κ1) is 17.6. The van der Waals surface area contributed by atoms with Gasteiger partial charge in [-0.2, -0.15) is 0 Å². The fourth-order valence-electron chi connectivity index (χ4n) is 1.88. The summed E-state index contributed by atoms with van der Waals surface area (Å²) in [5.74, 6) is -1.98. The molecule has 7 heteroatoms. The van der Waals surface area contributed by atoms with E-state index in [0.29, 0.717) is 5.56 Å². The largest absolute Gasteiger partial charge is 0.466 e. The molecule has 2 amide bonds. The molecule has 1 aromatic carbocycles. The molecule has 7 nitrogen and oxygen atoms in total. The number of esters is 1. The van der Waals surface area contributed by atoms with Gasteiger partial charge >= 0.3 is 5.97 Å². The number of nitrogens with two attached hydrogens (primary N) is 1.